The fourth-order valence-corrected chi connectivity index (χ4v) is 6.97. The van der Waals surface area contributed by atoms with Crippen molar-refractivity contribution in [1.29, 1.82) is 0 Å². The van der Waals surface area contributed by atoms with Gasteiger partial charge < -0.3 is 5.11 Å². The molecule has 4 aliphatic carbocycles. The lowest BCUT2D eigenvalue weighted by Crippen LogP contribution is -2.50. The fraction of sp³-hybridized carbons (Fsp3) is 0.900. The molecule has 0 bridgehead atoms. The number of aliphatic hydroxyl groups is 1. The van der Waals surface area contributed by atoms with Crippen LogP contribution >= 0.6 is 0 Å². The van der Waals surface area contributed by atoms with Gasteiger partial charge in [0.15, 0.2) is 0 Å². The van der Waals surface area contributed by atoms with E-state index in [-0.39, 0.29) is 6.10 Å². The minimum absolute atomic E-state index is 0.162. The van der Waals surface area contributed by atoms with Gasteiger partial charge in [-0.25, -0.2) is 0 Å². The van der Waals surface area contributed by atoms with E-state index in [1.807, 2.05) is 0 Å². The van der Waals surface area contributed by atoms with Gasteiger partial charge in [0, 0.05) is 0 Å². The molecule has 3 saturated carbocycles. The molecule has 7 atom stereocenters. The molecule has 0 heterocycles. The van der Waals surface area contributed by atoms with E-state index < -0.39 is 0 Å². The van der Waals surface area contributed by atoms with Gasteiger partial charge >= 0.3 is 0 Å². The Balaban J connectivity index is 1.67. The molecule has 118 valence electrons. The smallest absolute Gasteiger partial charge is 0.0724 e. The van der Waals surface area contributed by atoms with Crippen molar-refractivity contribution in [1.82, 2.24) is 0 Å². The molecular weight excluding hydrogens is 256 g/mol. The standard InChI is InChI=1S/C20H32O/c1-13-4-7-17-16-6-5-14-12-15(21)8-10-20(14,3)18(16)9-11-19(13,17)2/h12-13,15-18,21H,4-11H2,1-3H3/t13-,15-,16-,17-,18-,19+,20-/m0/s1. The highest BCUT2D eigenvalue weighted by atomic mass is 16.3. The molecule has 0 unspecified atom stereocenters. The van der Waals surface area contributed by atoms with Crippen LogP contribution in [0.4, 0.5) is 0 Å². The molecule has 1 N–H and O–H groups in total. The molecule has 1 heteroatoms. The zero-order chi connectivity index (χ0) is 14.8. The Bertz CT molecular complexity index is 466. The third-order valence-electron chi connectivity index (χ3n) is 8.56. The van der Waals surface area contributed by atoms with Crippen molar-refractivity contribution in [2.24, 2.45) is 34.5 Å². The zero-order valence-corrected chi connectivity index (χ0v) is 14.1. The van der Waals surface area contributed by atoms with Gasteiger partial charge in [0.2, 0.25) is 0 Å². The molecular formula is C20H32O. The van der Waals surface area contributed by atoms with Gasteiger partial charge in [-0.1, -0.05) is 32.4 Å². The summed E-state index contributed by atoms with van der Waals surface area (Å²) in [6.07, 6.45) is 12.8. The fourth-order valence-electron chi connectivity index (χ4n) is 6.97. The van der Waals surface area contributed by atoms with E-state index in [4.69, 9.17) is 0 Å². The van der Waals surface area contributed by atoms with Gasteiger partial charge in [0.1, 0.15) is 0 Å². The summed E-state index contributed by atoms with van der Waals surface area (Å²) < 4.78 is 0. The molecule has 21 heavy (non-hydrogen) atoms. The van der Waals surface area contributed by atoms with Gasteiger partial charge in [-0.05, 0) is 85.9 Å². The van der Waals surface area contributed by atoms with E-state index in [1.165, 1.54) is 44.9 Å². The van der Waals surface area contributed by atoms with Crippen molar-refractivity contribution >= 4 is 0 Å². The minimum atomic E-state index is -0.162. The van der Waals surface area contributed by atoms with Crippen LogP contribution in [-0.2, 0) is 0 Å². The first-order valence-electron chi connectivity index (χ1n) is 9.34. The van der Waals surface area contributed by atoms with Gasteiger partial charge in [0.25, 0.3) is 0 Å². The van der Waals surface area contributed by atoms with Crippen LogP contribution in [0.25, 0.3) is 0 Å². The summed E-state index contributed by atoms with van der Waals surface area (Å²) in [4.78, 5) is 0. The van der Waals surface area contributed by atoms with Crippen LogP contribution in [0.5, 0.6) is 0 Å². The van der Waals surface area contributed by atoms with Gasteiger partial charge in [-0.3, -0.25) is 0 Å². The second-order valence-electron chi connectivity index (χ2n) is 9.15. The maximum absolute atomic E-state index is 10.0. The number of rotatable bonds is 0. The van der Waals surface area contributed by atoms with E-state index in [0.717, 1.165) is 30.1 Å². The number of aliphatic hydroxyl groups excluding tert-OH is 1. The van der Waals surface area contributed by atoms with Crippen LogP contribution < -0.4 is 0 Å². The maximum atomic E-state index is 10.0. The summed E-state index contributed by atoms with van der Waals surface area (Å²) >= 11 is 0. The van der Waals surface area contributed by atoms with E-state index in [1.54, 1.807) is 5.57 Å². The summed E-state index contributed by atoms with van der Waals surface area (Å²) in [5, 5.41) is 10.0. The predicted octanol–water partition coefficient (Wildman–Crippen LogP) is 4.95. The van der Waals surface area contributed by atoms with Crippen molar-refractivity contribution in [2.75, 3.05) is 0 Å². The summed E-state index contributed by atoms with van der Waals surface area (Å²) in [6.45, 7) is 7.64. The first kappa shape index (κ1) is 14.3. The van der Waals surface area contributed by atoms with Gasteiger partial charge in [0.05, 0.1) is 6.10 Å². The number of hydrogen-bond donors (Lipinski definition) is 1. The Morgan fingerprint density at radius 3 is 2.62 bits per heavy atom. The molecule has 3 fully saturated rings. The molecule has 0 aromatic rings. The predicted molar refractivity (Wildman–Crippen MR) is 86.9 cm³/mol. The largest absolute Gasteiger partial charge is 0.389 e. The molecule has 0 saturated heterocycles. The second-order valence-corrected chi connectivity index (χ2v) is 9.15. The van der Waals surface area contributed by atoms with Crippen LogP contribution in [0, 0.1) is 34.5 Å². The zero-order valence-electron chi connectivity index (χ0n) is 14.1. The lowest BCUT2D eigenvalue weighted by molar-refractivity contribution is -0.0528. The van der Waals surface area contributed by atoms with Crippen LogP contribution in [-0.4, -0.2) is 11.2 Å². The monoisotopic (exact) mass is 288 g/mol. The Labute approximate surface area is 130 Å². The van der Waals surface area contributed by atoms with Crippen molar-refractivity contribution < 1.29 is 5.11 Å². The topological polar surface area (TPSA) is 20.2 Å². The highest BCUT2D eigenvalue weighted by molar-refractivity contribution is 5.25. The van der Waals surface area contributed by atoms with Crippen molar-refractivity contribution in [3.63, 3.8) is 0 Å². The average Bonchev–Trinajstić information content (AvgIpc) is 2.76. The van der Waals surface area contributed by atoms with E-state index >= 15 is 0 Å². The Morgan fingerprint density at radius 1 is 1.00 bits per heavy atom. The van der Waals surface area contributed by atoms with Crippen LogP contribution in [0.1, 0.15) is 72.1 Å². The van der Waals surface area contributed by atoms with Crippen LogP contribution in [0.2, 0.25) is 0 Å². The quantitative estimate of drug-likeness (QED) is 0.626. The van der Waals surface area contributed by atoms with Crippen molar-refractivity contribution in [2.45, 2.75) is 78.2 Å². The van der Waals surface area contributed by atoms with Crippen molar-refractivity contribution in [3.05, 3.63) is 11.6 Å². The Kier molecular flexibility index (Phi) is 3.13. The maximum Gasteiger partial charge on any atom is 0.0724 e. The third kappa shape index (κ3) is 1.85. The number of allylic oxidation sites excluding steroid dienone is 1. The summed E-state index contributed by atoms with van der Waals surface area (Å²) in [5.74, 6) is 3.78. The van der Waals surface area contributed by atoms with E-state index in [9.17, 15) is 5.11 Å². The molecule has 0 spiro atoms. The lowest BCUT2D eigenvalue weighted by Gasteiger charge is -2.58. The van der Waals surface area contributed by atoms with Crippen molar-refractivity contribution in [3.8, 4) is 0 Å². The molecule has 0 amide bonds. The molecule has 0 aromatic heterocycles. The second kappa shape index (κ2) is 4.60. The minimum Gasteiger partial charge on any atom is -0.389 e. The molecule has 0 radical (unpaired) electrons. The van der Waals surface area contributed by atoms with E-state index in [2.05, 4.69) is 26.8 Å². The summed E-state index contributed by atoms with van der Waals surface area (Å²) in [6, 6.07) is 0. The van der Waals surface area contributed by atoms with Crippen LogP contribution in [0.3, 0.4) is 0 Å². The molecule has 4 aliphatic rings. The molecule has 4 rings (SSSR count). The number of hydrogen-bond acceptors (Lipinski definition) is 1. The summed E-state index contributed by atoms with van der Waals surface area (Å²) in [7, 11) is 0. The Hall–Kier alpha value is -0.300. The lowest BCUT2D eigenvalue weighted by atomic mass is 9.47. The first-order valence-corrected chi connectivity index (χ1v) is 9.34. The van der Waals surface area contributed by atoms with Gasteiger partial charge in [-0.15, -0.1) is 0 Å². The van der Waals surface area contributed by atoms with Crippen LogP contribution in [0.15, 0.2) is 11.6 Å². The Morgan fingerprint density at radius 2 is 1.81 bits per heavy atom. The van der Waals surface area contributed by atoms with E-state index in [0.29, 0.717) is 10.8 Å². The highest BCUT2D eigenvalue weighted by Gasteiger charge is 2.57. The highest BCUT2D eigenvalue weighted by Crippen LogP contribution is 2.66. The average molecular weight is 288 g/mol. The number of fused-ring (bicyclic) bond motifs is 5. The normalized spacial score (nSPS) is 56.2. The summed E-state index contributed by atoms with van der Waals surface area (Å²) in [5.41, 5.74) is 2.65. The molecule has 1 nitrogen and oxygen atoms in total. The first-order chi connectivity index (χ1) is 9.95. The third-order valence-corrected chi connectivity index (χ3v) is 8.56. The molecule has 0 aliphatic heterocycles. The SMILES string of the molecule is C[C@H]1CC[C@H]2[C@@H]3CCC4=C[C@@H](O)CC[C@]4(C)[C@H]3CC[C@]12C. The van der Waals surface area contributed by atoms with Gasteiger partial charge in [-0.2, -0.15) is 0 Å². The molecule has 0 aromatic carbocycles.